The lowest BCUT2D eigenvalue weighted by Crippen LogP contribution is -2.19. The second-order valence-electron chi connectivity index (χ2n) is 2.92. The van der Waals surface area contributed by atoms with Gasteiger partial charge in [0.1, 0.15) is 6.67 Å². The van der Waals surface area contributed by atoms with Gasteiger partial charge in [0.05, 0.1) is 12.8 Å². The lowest BCUT2D eigenvalue weighted by molar-refractivity contribution is -0.275. The molecule has 1 rings (SSSR count). The minimum atomic E-state index is -4.87. The molecule has 1 heterocycles. The first kappa shape index (κ1) is 12.5. The van der Waals surface area contributed by atoms with Crippen LogP contribution in [0.3, 0.4) is 0 Å². The molecule has 0 saturated carbocycles. The third-order valence-corrected chi connectivity index (χ3v) is 1.77. The largest absolute Gasteiger partial charge is 0.573 e. The summed E-state index contributed by atoms with van der Waals surface area (Å²) in [7, 11) is 1.29. The van der Waals surface area contributed by atoms with Gasteiger partial charge in [-0.1, -0.05) is 0 Å². The van der Waals surface area contributed by atoms with Crippen LogP contribution in [0.25, 0.3) is 0 Å². The third kappa shape index (κ3) is 2.98. The van der Waals surface area contributed by atoms with Gasteiger partial charge in [-0.2, -0.15) is 0 Å². The normalized spacial score (nSPS) is 11.4. The number of alkyl halides is 4. The summed E-state index contributed by atoms with van der Waals surface area (Å²) in [6.07, 6.45) is -4.87. The molecule has 0 saturated heterocycles. The van der Waals surface area contributed by atoms with Gasteiger partial charge in [0.15, 0.2) is 5.75 Å². The molecule has 0 unspecified atom stereocenters. The Morgan fingerprint density at radius 2 is 2.00 bits per heavy atom. The molecule has 0 N–H and O–H groups in total. The summed E-state index contributed by atoms with van der Waals surface area (Å²) < 4.78 is 57.0. The molecule has 0 spiro atoms. The quantitative estimate of drug-likeness (QED) is 0.760. The van der Waals surface area contributed by atoms with E-state index in [1.807, 2.05) is 0 Å². The Morgan fingerprint density at radius 1 is 1.38 bits per heavy atom. The Kier molecular flexibility index (Phi) is 3.56. The van der Waals surface area contributed by atoms with Crippen LogP contribution in [0.1, 0.15) is 11.3 Å². The molecule has 0 aliphatic carbocycles. The topological polar surface area (TPSA) is 31.4 Å². The molecule has 90 valence electrons. The van der Waals surface area contributed by atoms with Crippen molar-refractivity contribution in [2.45, 2.75) is 20.0 Å². The fourth-order valence-electron chi connectivity index (χ4n) is 1.15. The Bertz CT molecular complexity index is 379. The van der Waals surface area contributed by atoms with Crippen molar-refractivity contribution in [2.24, 2.45) is 0 Å². The summed E-state index contributed by atoms with van der Waals surface area (Å²) >= 11 is 0. The highest BCUT2D eigenvalue weighted by molar-refractivity contribution is 5.40. The van der Waals surface area contributed by atoms with Gasteiger partial charge in [-0.3, -0.25) is 0 Å². The number of aryl methyl sites for hydroxylation is 1. The van der Waals surface area contributed by atoms with E-state index in [-0.39, 0.29) is 17.1 Å². The monoisotopic (exact) mass is 239 g/mol. The van der Waals surface area contributed by atoms with Gasteiger partial charge in [0.2, 0.25) is 5.88 Å². The van der Waals surface area contributed by atoms with Gasteiger partial charge in [-0.05, 0) is 6.92 Å². The van der Waals surface area contributed by atoms with Crippen molar-refractivity contribution in [3.8, 4) is 11.6 Å². The highest BCUT2D eigenvalue weighted by atomic mass is 19.4. The second kappa shape index (κ2) is 4.54. The zero-order valence-corrected chi connectivity index (χ0v) is 8.56. The average Bonchev–Trinajstić information content (AvgIpc) is 2.19. The molecular weight excluding hydrogens is 230 g/mol. The van der Waals surface area contributed by atoms with E-state index in [1.165, 1.54) is 14.0 Å². The molecule has 0 fully saturated rings. The number of halogens is 4. The number of methoxy groups -OCH3 is 1. The molecule has 0 bridgehead atoms. The van der Waals surface area contributed by atoms with E-state index >= 15 is 0 Å². The van der Waals surface area contributed by atoms with Crippen LogP contribution >= 0.6 is 0 Å². The smallest absolute Gasteiger partial charge is 0.481 e. The zero-order valence-electron chi connectivity index (χ0n) is 8.56. The van der Waals surface area contributed by atoms with E-state index in [2.05, 4.69) is 9.72 Å². The van der Waals surface area contributed by atoms with E-state index in [4.69, 9.17) is 4.74 Å². The van der Waals surface area contributed by atoms with Gasteiger partial charge in [-0.25, -0.2) is 9.37 Å². The fourth-order valence-corrected chi connectivity index (χ4v) is 1.15. The summed E-state index contributed by atoms with van der Waals surface area (Å²) in [6, 6.07) is 1.06. The molecule has 0 radical (unpaired) electrons. The van der Waals surface area contributed by atoms with Crippen LogP contribution in [0.4, 0.5) is 17.6 Å². The summed E-state index contributed by atoms with van der Waals surface area (Å²) in [5.74, 6) is -0.574. The zero-order chi connectivity index (χ0) is 12.3. The standard InChI is InChI=1S/C9H9F4NO2/c1-5-8(16-9(11,12)13)6(4-10)3-7(14-5)15-2/h3H,4H2,1-2H3. The van der Waals surface area contributed by atoms with Crippen LogP contribution in [-0.4, -0.2) is 18.5 Å². The lowest BCUT2D eigenvalue weighted by atomic mass is 10.2. The molecule has 0 aromatic carbocycles. The van der Waals surface area contributed by atoms with Crippen molar-refractivity contribution in [2.75, 3.05) is 7.11 Å². The predicted molar refractivity (Wildman–Crippen MR) is 47.0 cm³/mol. The predicted octanol–water partition coefficient (Wildman–Crippen LogP) is 2.77. The first-order valence-electron chi connectivity index (χ1n) is 4.23. The molecule has 0 aliphatic rings. The van der Waals surface area contributed by atoms with Gasteiger partial charge in [0, 0.05) is 11.6 Å². The van der Waals surface area contributed by atoms with E-state index in [1.54, 1.807) is 0 Å². The summed E-state index contributed by atoms with van der Waals surface area (Å²) in [5, 5.41) is 0. The number of hydrogen-bond donors (Lipinski definition) is 0. The van der Waals surface area contributed by atoms with Gasteiger partial charge in [0.25, 0.3) is 0 Å². The Hall–Kier alpha value is -1.53. The number of hydrogen-bond acceptors (Lipinski definition) is 3. The molecule has 16 heavy (non-hydrogen) atoms. The molecule has 7 heteroatoms. The van der Waals surface area contributed by atoms with Crippen molar-refractivity contribution in [3.63, 3.8) is 0 Å². The first-order chi connectivity index (χ1) is 7.37. The van der Waals surface area contributed by atoms with Crippen molar-refractivity contribution in [3.05, 3.63) is 17.3 Å². The molecule has 0 aliphatic heterocycles. The van der Waals surface area contributed by atoms with Crippen LogP contribution in [0.15, 0.2) is 6.07 Å². The van der Waals surface area contributed by atoms with Crippen LogP contribution in [0.2, 0.25) is 0 Å². The molecule has 1 aromatic rings. The van der Waals surface area contributed by atoms with Gasteiger partial charge >= 0.3 is 6.36 Å². The second-order valence-corrected chi connectivity index (χ2v) is 2.92. The van der Waals surface area contributed by atoms with Gasteiger partial charge < -0.3 is 9.47 Å². The molecule has 3 nitrogen and oxygen atoms in total. The van der Waals surface area contributed by atoms with E-state index in [0.29, 0.717) is 0 Å². The van der Waals surface area contributed by atoms with E-state index < -0.39 is 18.8 Å². The molecular formula is C9H9F4NO2. The summed E-state index contributed by atoms with van der Waals surface area (Å²) in [6.45, 7) is 0.188. The first-order valence-corrected chi connectivity index (χ1v) is 4.23. The Balaban J connectivity index is 3.16. The SMILES string of the molecule is COc1cc(CF)c(OC(F)(F)F)c(C)n1. The maximum absolute atomic E-state index is 12.5. The Morgan fingerprint density at radius 3 is 2.44 bits per heavy atom. The van der Waals surface area contributed by atoms with Crippen LogP contribution in [-0.2, 0) is 6.67 Å². The van der Waals surface area contributed by atoms with Crippen molar-refractivity contribution >= 4 is 0 Å². The minimum absolute atomic E-state index is 0.0414. The number of ether oxygens (including phenoxy) is 2. The van der Waals surface area contributed by atoms with Crippen LogP contribution in [0.5, 0.6) is 11.6 Å². The Labute approximate surface area is 89.0 Å². The lowest BCUT2D eigenvalue weighted by Gasteiger charge is -2.14. The van der Waals surface area contributed by atoms with Crippen molar-refractivity contribution < 1.29 is 27.0 Å². The molecule has 0 atom stereocenters. The summed E-state index contributed by atoms with van der Waals surface area (Å²) in [5.41, 5.74) is -0.328. The third-order valence-electron chi connectivity index (χ3n) is 1.77. The van der Waals surface area contributed by atoms with E-state index in [0.717, 1.165) is 6.07 Å². The molecule has 0 amide bonds. The minimum Gasteiger partial charge on any atom is -0.481 e. The van der Waals surface area contributed by atoms with Crippen molar-refractivity contribution in [1.29, 1.82) is 0 Å². The summed E-state index contributed by atoms with van der Waals surface area (Å²) in [4.78, 5) is 3.67. The van der Waals surface area contributed by atoms with Crippen molar-refractivity contribution in [1.82, 2.24) is 4.98 Å². The average molecular weight is 239 g/mol. The molecule has 1 aromatic heterocycles. The number of pyridine rings is 1. The number of nitrogens with zero attached hydrogens (tertiary/aromatic N) is 1. The fraction of sp³-hybridized carbons (Fsp3) is 0.444. The van der Waals surface area contributed by atoms with Gasteiger partial charge in [-0.15, -0.1) is 13.2 Å². The maximum atomic E-state index is 12.5. The number of aromatic nitrogens is 1. The maximum Gasteiger partial charge on any atom is 0.573 e. The van der Waals surface area contributed by atoms with Crippen LogP contribution in [0, 0.1) is 6.92 Å². The highest BCUT2D eigenvalue weighted by Crippen LogP contribution is 2.31. The van der Waals surface area contributed by atoms with Crippen LogP contribution < -0.4 is 9.47 Å². The number of rotatable bonds is 3. The van der Waals surface area contributed by atoms with E-state index in [9.17, 15) is 17.6 Å². The highest BCUT2D eigenvalue weighted by Gasteiger charge is 2.33.